The van der Waals surface area contributed by atoms with Gasteiger partial charge in [0.15, 0.2) is 5.69 Å². The van der Waals surface area contributed by atoms with Gasteiger partial charge in [0.2, 0.25) is 0 Å². The molecule has 3 aromatic rings. The van der Waals surface area contributed by atoms with Crippen LogP contribution in [-0.2, 0) is 13.2 Å². The molecule has 164 valence electrons. The smallest absolute Gasteiger partial charge is 0.419 e. The monoisotopic (exact) mass is 435 g/mol. The second-order valence-corrected chi connectivity index (χ2v) is 6.73. The average molecular weight is 435 g/mol. The molecule has 0 fully saturated rings. The van der Waals surface area contributed by atoms with Crippen LogP contribution in [0.4, 0.5) is 13.2 Å². The predicted octanol–water partition coefficient (Wildman–Crippen LogP) is 1.56. The van der Waals surface area contributed by atoms with Crippen molar-refractivity contribution < 1.29 is 23.0 Å². The highest BCUT2D eigenvalue weighted by Crippen LogP contribution is 2.39. The number of ether oxygens (including phenoxy) is 1. The molecular weight excluding hydrogens is 415 g/mol. The minimum atomic E-state index is -4.65. The van der Waals surface area contributed by atoms with E-state index in [0.717, 1.165) is 6.07 Å². The van der Waals surface area contributed by atoms with E-state index in [0.29, 0.717) is 18.5 Å². The Kier molecular flexibility index (Phi) is 6.69. The molecule has 0 spiro atoms. The van der Waals surface area contributed by atoms with E-state index in [1.807, 2.05) is 6.07 Å². The highest BCUT2D eigenvalue weighted by atomic mass is 19.4. The maximum atomic E-state index is 13.6. The van der Waals surface area contributed by atoms with Gasteiger partial charge in [-0.2, -0.15) is 18.4 Å². The van der Waals surface area contributed by atoms with Crippen molar-refractivity contribution in [3.05, 3.63) is 35.5 Å². The van der Waals surface area contributed by atoms with Crippen LogP contribution in [0.3, 0.4) is 0 Å². The van der Waals surface area contributed by atoms with Crippen molar-refractivity contribution in [2.45, 2.75) is 18.8 Å². The predicted molar refractivity (Wildman–Crippen MR) is 105 cm³/mol. The molecule has 1 aromatic carbocycles. The highest BCUT2D eigenvalue weighted by molar-refractivity contribution is 5.83. The van der Waals surface area contributed by atoms with E-state index in [9.17, 15) is 18.4 Å². The number of nitriles is 1. The molecule has 3 rings (SSSR count). The molecule has 0 amide bonds. The number of nitrogens with one attached hydrogen (secondary N) is 1. The molecule has 0 saturated heterocycles. The van der Waals surface area contributed by atoms with Crippen LogP contribution >= 0.6 is 0 Å². The standard InChI is InChI=1S/C19H20F3N7O2/c1-29-15-8-13(26-14(9-23)18(15)27-28-29)11-3-4-16(12(7-11)19(20,21)22)31-6-2-5-25-10-17(24)30/h3-4,7-8,17,25,30H,2,5-6,10,24H2,1H3. The van der Waals surface area contributed by atoms with E-state index in [2.05, 4.69) is 20.6 Å². The van der Waals surface area contributed by atoms with Crippen molar-refractivity contribution in [3.8, 4) is 23.1 Å². The number of nitrogens with zero attached hydrogens (tertiary/aromatic N) is 5. The zero-order chi connectivity index (χ0) is 22.6. The van der Waals surface area contributed by atoms with E-state index in [-0.39, 0.29) is 41.4 Å². The largest absolute Gasteiger partial charge is 0.493 e. The molecule has 0 aliphatic heterocycles. The first-order chi connectivity index (χ1) is 14.7. The molecule has 4 N–H and O–H groups in total. The summed E-state index contributed by atoms with van der Waals surface area (Å²) in [7, 11) is 1.61. The number of benzene rings is 1. The van der Waals surface area contributed by atoms with E-state index < -0.39 is 18.0 Å². The number of fused-ring (bicyclic) bond motifs is 1. The summed E-state index contributed by atoms with van der Waals surface area (Å²) in [4.78, 5) is 4.14. The summed E-state index contributed by atoms with van der Waals surface area (Å²) in [6, 6.07) is 7.05. The fourth-order valence-electron chi connectivity index (χ4n) is 2.92. The molecule has 31 heavy (non-hydrogen) atoms. The first-order valence-corrected chi connectivity index (χ1v) is 9.30. The maximum Gasteiger partial charge on any atom is 0.419 e. The first-order valence-electron chi connectivity index (χ1n) is 9.30. The summed E-state index contributed by atoms with van der Waals surface area (Å²) < 4.78 is 47.7. The van der Waals surface area contributed by atoms with Crippen LogP contribution in [0.5, 0.6) is 5.75 Å². The number of hydrogen-bond donors (Lipinski definition) is 3. The minimum Gasteiger partial charge on any atom is -0.493 e. The van der Waals surface area contributed by atoms with Gasteiger partial charge in [-0.25, -0.2) is 9.67 Å². The summed E-state index contributed by atoms with van der Waals surface area (Å²) in [5.41, 5.74) is 5.34. The average Bonchev–Trinajstić information content (AvgIpc) is 3.10. The molecule has 2 aromatic heterocycles. The number of nitrogens with two attached hydrogens (primary N) is 1. The van der Waals surface area contributed by atoms with Crippen molar-refractivity contribution in [2.24, 2.45) is 12.8 Å². The number of aliphatic hydroxyl groups is 1. The Hall–Kier alpha value is -3.27. The van der Waals surface area contributed by atoms with Gasteiger partial charge in [-0.1, -0.05) is 5.21 Å². The molecule has 0 aliphatic carbocycles. The highest BCUT2D eigenvalue weighted by Gasteiger charge is 2.35. The Balaban J connectivity index is 1.86. The lowest BCUT2D eigenvalue weighted by molar-refractivity contribution is -0.138. The maximum absolute atomic E-state index is 13.6. The molecule has 0 aliphatic rings. The van der Waals surface area contributed by atoms with Crippen molar-refractivity contribution in [1.82, 2.24) is 25.3 Å². The molecule has 1 unspecified atom stereocenters. The number of hydrogen-bond acceptors (Lipinski definition) is 8. The summed E-state index contributed by atoms with van der Waals surface area (Å²) >= 11 is 0. The number of halogens is 3. The molecule has 9 nitrogen and oxygen atoms in total. The van der Waals surface area contributed by atoms with E-state index >= 15 is 0 Å². The Bertz CT molecular complexity index is 1110. The zero-order valence-corrected chi connectivity index (χ0v) is 16.5. The van der Waals surface area contributed by atoms with Gasteiger partial charge in [0.1, 0.15) is 23.6 Å². The third kappa shape index (κ3) is 5.26. The van der Waals surface area contributed by atoms with Gasteiger partial charge < -0.3 is 20.9 Å². The van der Waals surface area contributed by atoms with Crippen molar-refractivity contribution in [1.29, 1.82) is 5.26 Å². The summed E-state index contributed by atoms with van der Waals surface area (Å²) in [6.45, 7) is 0.642. The zero-order valence-electron chi connectivity index (χ0n) is 16.5. The van der Waals surface area contributed by atoms with E-state index in [4.69, 9.17) is 15.6 Å². The molecule has 0 bridgehead atoms. The van der Waals surface area contributed by atoms with Crippen molar-refractivity contribution >= 4 is 11.0 Å². The molecule has 12 heteroatoms. The third-order valence-electron chi connectivity index (χ3n) is 4.40. The fraction of sp³-hybridized carbons (Fsp3) is 0.368. The summed E-state index contributed by atoms with van der Waals surface area (Å²) in [6.07, 6.45) is -5.23. The number of alkyl halides is 3. The van der Waals surface area contributed by atoms with Gasteiger partial charge in [-0.05, 0) is 37.2 Å². The molecule has 0 saturated carbocycles. The van der Waals surface area contributed by atoms with Gasteiger partial charge in [0.25, 0.3) is 0 Å². The lowest BCUT2D eigenvalue weighted by Gasteiger charge is -2.16. The second-order valence-electron chi connectivity index (χ2n) is 6.73. The minimum absolute atomic E-state index is 0.0235. The van der Waals surface area contributed by atoms with Crippen molar-refractivity contribution in [3.63, 3.8) is 0 Å². The Morgan fingerprint density at radius 3 is 2.81 bits per heavy atom. The quantitative estimate of drug-likeness (QED) is 0.358. The molecule has 2 heterocycles. The number of aliphatic hydroxyl groups excluding tert-OH is 1. The number of rotatable bonds is 8. The molecular formula is C19H20F3N7O2. The number of pyridine rings is 1. The van der Waals surface area contributed by atoms with Gasteiger partial charge in [-0.3, -0.25) is 0 Å². The van der Waals surface area contributed by atoms with Crippen LogP contribution in [0.25, 0.3) is 22.3 Å². The van der Waals surface area contributed by atoms with Crippen molar-refractivity contribution in [2.75, 3.05) is 19.7 Å². The SMILES string of the molecule is Cn1nnc2c(C#N)nc(-c3ccc(OCCCNCC(N)O)c(C(F)(F)F)c3)cc21. The number of aromatic nitrogens is 4. The van der Waals surface area contributed by atoms with Crippen LogP contribution < -0.4 is 15.8 Å². The Morgan fingerprint density at radius 1 is 1.35 bits per heavy atom. The topological polar surface area (TPSA) is 135 Å². The number of aryl methyl sites for hydroxylation is 1. The molecule has 0 radical (unpaired) electrons. The van der Waals surface area contributed by atoms with Gasteiger partial charge in [0.05, 0.1) is 23.4 Å². The van der Waals surface area contributed by atoms with Crippen LogP contribution in [0.15, 0.2) is 24.3 Å². The van der Waals surface area contributed by atoms with Gasteiger partial charge in [0, 0.05) is 19.2 Å². The summed E-state index contributed by atoms with van der Waals surface area (Å²) in [5.74, 6) is -0.307. The van der Waals surface area contributed by atoms with E-state index in [1.165, 1.54) is 22.9 Å². The lowest BCUT2D eigenvalue weighted by Crippen LogP contribution is -2.34. The van der Waals surface area contributed by atoms with Gasteiger partial charge in [-0.15, -0.1) is 5.10 Å². The van der Waals surface area contributed by atoms with E-state index in [1.54, 1.807) is 7.05 Å². The Labute approximate surface area is 175 Å². The fourth-order valence-corrected chi connectivity index (χ4v) is 2.92. The summed E-state index contributed by atoms with van der Waals surface area (Å²) in [5, 5.41) is 28.8. The second kappa shape index (κ2) is 9.25. The first kappa shape index (κ1) is 22.4. The Morgan fingerprint density at radius 2 is 2.13 bits per heavy atom. The van der Waals surface area contributed by atoms with Gasteiger partial charge >= 0.3 is 6.18 Å². The van der Waals surface area contributed by atoms with Crippen LogP contribution in [-0.4, -0.2) is 51.0 Å². The van der Waals surface area contributed by atoms with Crippen LogP contribution in [0.1, 0.15) is 17.7 Å². The third-order valence-corrected chi connectivity index (χ3v) is 4.40. The normalized spacial score (nSPS) is 12.7. The van der Waals surface area contributed by atoms with Crippen LogP contribution in [0, 0.1) is 11.3 Å². The van der Waals surface area contributed by atoms with Crippen LogP contribution in [0.2, 0.25) is 0 Å². The molecule has 1 atom stereocenters. The lowest BCUT2D eigenvalue weighted by atomic mass is 10.1.